The first kappa shape index (κ1) is 21.4. The normalized spacial score (nSPS) is 15.4. The number of halogens is 1. The van der Waals surface area contributed by atoms with Gasteiger partial charge in [0.25, 0.3) is 0 Å². The number of benzene rings is 3. The van der Waals surface area contributed by atoms with Gasteiger partial charge in [-0.25, -0.2) is 4.79 Å². The van der Waals surface area contributed by atoms with Gasteiger partial charge in [0, 0.05) is 33.9 Å². The van der Waals surface area contributed by atoms with Crippen molar-refractivity contribution in [2.75, 3.05) is 19.0 Å². The third-order valence-corrected chi connectivity index (χ3v) is 6.77. The summed E-state index contributed by atoms with van der Waals surface area (Å²) in [5.41, 5.74) is 7.42. The van der Waals surface area contributed by atoms with Gasteiger partial charge in [0.05, 0.1) is 13.2 Å². The molecule has 33 heavy (non-hydrogen) atoms. The monoisotopic (exact) mass is 459 g/mol. The number of nitrogens with one attached hydrogen (secondary N) is 2. The molecule has 2 heterocycles. The standard InChI is InChI=1S/C27H26ClN3O2/c1-16-4-8-20(14-17(16)2)29-27(32)31-13-12-22-23-15-19(28)7-11-24(23)30-25(22)26(31)18-5-9-21(33-3)10-6-18/h4-11,14-15,26,30H,12-13H2,1-3H3,(H,29,32)/t26-/m0/s1. The van der Waals surface area contributed by atoms with Gasteiger partial charge in [0.15, 0.2) is 0 Å². The van der Waals surface area contributed by atoms with Crippen molar-refractivity contribution in [3.05, 3.63) is 93.6 Å². The zero-order valence-corrected chi connectivity index (χ0v) is 19.7. The van der Waals surface area contributed by atoms with Crippen LogP contribution in [0.25, 0.3) is 10.9 Å². The molecule has 0 unspecified atom stereocenters. The molecular weight excluding hydrogens is 434 g/mol. The Bertz CT molecular complexity index is 1340. The van der Waals surface area contributed by atoms with Gasteiger partial charge in [0.1, 0.15) is 5.75 Å². The van der Waals surface area contributed by atoms with Crippen molar-refractivity contribution in [2.45, 2.75) is 26.3 Å². The lowest BCUT2D eigenvalue weighted by molar-refractivity contribution is 0.193. The van der Waals surface area contributed by atoms with Crippen molar-refractivity contribution < 1.29 is 9.53 Å². The van der Waals surface area contributed by atoms with Gasteiger partial charge < -0.3 is 19.9 Å². The van der Waals surface area contributed by atoms with Crippen LogP contribution >= 0.6 is 11.6 Å². The number of carbonyl (C=O) groups excluding carboxylic acids is 1. The van der Waals surface area contributed by atoms with Crippen molar-refractivity contribution >= 4 is 34.2 Å². The van der Waals surface area contributed by atoms with Crippen LogP contribution in [0, 0.1) is 13.8 Å². The number of aromatic nitrogens is 1. The van der Waals surface area contributed by atoms with Gasteiger partial charge in [-0.1, -0.05) is 29.8 Å². The average Bonchev–Trinajstić information content (AvgIpc) is 3.18. The molecule has 1 aliphatic heterocycles. The molecule has 0 saturated carbocycles. The van der Waals surface area contributed by atoms with E-state index in [0.717, 1.165) is 45.6 Å². The molecule has 2 amide bonds. The second-order valence-corrected chi connectivity index (χ2v) is 8.99. The summed E-state index contributed by atoms with van der Waals surface area (Å²) in [6, 6.07) is 19.4. The highest BCUT2D eigenvalue weighted by Gasteiger charge is 2.34. The zero-order valence-electron chi connectivity index (χ0n) is 18.9. The number of urea groups is 1. The molecule has 1 aliphatic rings. The molecule has 1 atom stereocenters. The second-order valence-electron chi connectivity index (χ2n) is 8.56. The molecule has 3 aromatic carbocycles. The number of fused-ring (bicyclic) bond motifs is 3. The van der Waals surface area contributed by atoms with E-state index < -0.39 is 0 Å². The fraction of sp³-hybridized carbons (Fsp3) is 0.222. The van der Waals surface area contributed by atoms with Crippen molar-refractivity contribution in [1.82, 2.24) is 9.88 Å². The number of nitrogens with zero attached hydrogens (tertiary/aromatic N) is 1. The number of methoxy groups -OCH3 is 1. The number of anilines is 1. The van der Waals surface area contributed by atoms with E-state index in [1.54, 1.807) is 7.11 Å². The molecule has 4 aromatic rings. The van der Waals surface area contributed by atoms with Gasteiger partial charge in [-0.3, -0.25) is 0 Å². The number of H-pyrrole nitrogens is 1. The van der Waals surface area contributed by atoms with Crippen LogP contribution in [0.2, 0.25) is 5.02 Å². The third-order valence-electron chi connectivity index (χ3n) is 6.54. The smallest absolute Gasteiger partial charge is 0.322 e. The summed E-state index contributed by atoms with van der Waals surface area (Å²) in [4.78, 5) is 19.0. The van der Waals surface area contributed by atoms with Crippen LogP contribution in [0.4, 0.5) is 10.5 Å². The lowest BCUT2D eigenvalue weighted by Crippen LogP contribution is -2.43. The van der Waals surface area contributed by atoms with E-state index in [4.69, 9.17) is 16.3 Å². The summed E-state index contributed by atoms with van der Waals surface area (Å²) < 4.78 is 5.35. The number of hydrogen-bond acceptors (Lipinski definition) is 2. The van der Waals surface area contributed by atoms with Crippen molar-refractivity contribution in [3.8, 4) is 5.75 Å². The van der Waals surface area contributed by atoms with Crippen molar-refractivity contribution in [3.63, 3.8) is 0 Å². The molecule has 0 bridgehead atoms. The van der Waals surface area contributed by atoms with Crippen LogP contribution in [-0.4, -0.2) is 29.6 Å². The number of carbonyl (C=O) groups is 1. The van der Waals surface area contributed by atoms with Gasteiger partial charge in [-0.05, 0) is 85.0 Å². The maximum Gasteiger partial charge on any atom is 0.322 e. The molecule has 2 N–H and O–H groups in total. The first-order chi connectivity index (χ1) is 15.9. The van der Waals surface area contributed by atoms with Gasteiger partial charge in [-0.15, -0.1) is 0 Å². The van der Waals surface area contributed by atoms with E-state index in [1.807, 2.05) is 72.5 Å². The minimum atomic E-state index is -0.252. The highest BCUT2D eigenvalue weighted by atomic mass is 35.5. The van der Waals surface area contributed by atoms with Crippen LogP contribution < -0.4 is 10.1 Å². The summed E-state index contributed by atoms with van der Waals surface area (Å²) in [6.45, 7) is 4.71. The minimum Gasteiger partial charge on any atom is -0.497 e. The van der Waals surface area contributed by atoms with Crippen molar-refractivity contribution in [1.29, 1.82) is 0 Å². The SMILES string of the molecule is COc1ccc([C@H]2c3[nH]c4ccc(Cl)cc4c3CCN2C(=O)Nc2ccc(C)c(C)c2)cc1. The molecule has 0 radical (unpaired) electrons. The number of rotatable bonds is 3. The Hall–Kier alpha value is -3.44. The first-order valence-electron chi connectivity index (χ1n) is 11.0. The molecule has 5 rings (SSSR count). The van der Waals surface area contributed by atoms with Crippen molar-refractivity contribution in [2.24, 2.45) is 0 Å². The average molecular weight is 460 g/mol. The molecule has 6 heteroatoms. The molecular formula is C27H26ClN3O2. The van der Waals surface area contributed by atoms with E-state index in [2.05, 4.69) is 17.2 Å². The van der Waals surface area contributed by atoms with E-state index in [9.17, 15) is 4.79 Å². The number of aryl methyl sites for hydroxylation is 2. The first-order valence-corrected chi connectivity index (χ1v) is 11.4. The molecule has 0 aliphatic carbocycles. The van der Waals surface area contributed by atoms with E-state index >= 15 is 0 Å². The second kappa shape index (κ2) is 8.49. The largest absolute Gasteiger partial charge is 0.497 e. The summed E-state index contributed by atoms with van der Waals surface area (Å²) in [5.74, 6) is 0.782. The Morgan fingerprint density at radius 3 is 2.58 bits per heavy atom. The molecule has 168 valence electrons. The Morgan fingerprint density at radius 1 is 1.06 bits per heavy atom. The molecule has 0 saturated heterocycles. The topological polar surface area (TPSA) is 57.4 Å². The summed E-state index contributed by atoms with van der Waals surface area (Å²) >= 11 is 6.30. The van der Waals surface area contributed by atoms with Gasteiger partial charge in [0.2, 0.25) is 0 Å². The van der Waals surface area contributed by atoms with E-state index in [0.29, 0.717) is 11.6 Å². The van der Waals surface area contributed by atoms with Gasteiger partial charge >= 0.3 is 6.03 Å². The summed E-state index contributed by atoms with van der Waals surface area (Å²) in [7, 11) is 1.65. The highest BCUT2D eigenvalue weighted by Crippen LogP contribution is 2.39. The molecule has 0 spiro atoms. The van der Waals surface area contributed by atoms with Crippen LogP contribution in [0.1, 0.15) is 34.0 Å². The van der Waals surface area contributed by atoms with E-state index in [-0.39, 0.29) is 12.1 Å². The predicted molar refractivity (Wildman–Crippen MR) is 133 cm³/mol. The maximum absolute atomic E-state index is 13.5. The Balaban J connectivity index is 1.57. The quantitative estimate of drug-likeness (QED) is 0.361. The fourth-order valence-corrected chi connectivity index (χ4v) is 4.80. The molecule has 0 fully saturated rings. The predicted octanol–water partition coefficient (Wildman–Crippen LogP) is 6.63. The Kier molecular flexibility index (Phi) is 5.51. The minimum absolute atomic E-state index is 0.124. The molecule has 5 nitrogen and oxygen atoms in total. The zero-order chi connectivity index (χ0) is 23.1. The van der Waals surface area contributed by atoms with Gasteiger partial charge in [-0.2, -0.15) is 0 Å². The number of amides is 2. The Labute approximate surface area is 198 Å². The number of hydrogen-bond donors (Lipinski definition) is 2. The van der Waals surface area contributed by atoms with Crippen LogP contribution in [0.3, 0.4) is 0 Å². The number of aromatic amines is 1. The maximum atomic E-state index is 13.5. The third kappa shape index (κ3) is 3.93. The highest BCUT2D eigenvalue weighted by molar-refractivity contribution is 6.31. The van der Waals surface area contributed by atoms with Crippen LogP contribution in [-0.2, 0) is 6.42 Å². The number of ether oxygens (including phenoxy) is 1. The Morgan fingerprint density at radius 2 is 1.85 bits per heavy atom. The van der Waals surface area contributed by atoms with Crippen LogP contribution in [0.5, 0.6) is 5.75 Å². The molecule has 1 aromatic heterocycles. The summed E-state index contributed by atoms with van der Waals surface area (Å²) in [5, 5.41) is 4.93. The summed E-state index contributed by atoms with van der Waals surface area (Å²) in [6.07, 6.45) is 0.753. The lowest BCUT2D eigenvalue weighted by atomic mass is 9.92. The lowest BCUT2D eigenvalue weighted by Gasteiger charge is -2.36. The fourth-order valence-electron chi connectivity index (χ4n) is 4.63. The van der Waals surface area contributed by atoms with E-state index in [1.165, 1.54) is 11.1 Å². The van der Waals surface area contributed by atoms with Crippen LogP contribution in [0.15, 0.2) is 60.7 Å².